The quantitative estimate of drug-likeness (QED) is 0.494. The zero-order valence-corrected chi connectivity index (χ0v) is 13.7. The lowest BCUT2D eigenvalue weighted by atomic mass is 9.91. The van der Waals surface area contributed by atoms with Crippen LogP contribution >= 0.6 is 0 Å². The molecule has 0 aromatic heterocycles. The molecule has 0 radical (unpaired) electrons. The van der Waals surface area contributed by atoms with Crippen molar-refractivity contribution < 1.29 is 8.78 Å². The summed E-state index contributed by atoms with van der Waals surface area (Å²) in [5, 5.41) is 0. The number of hydrogen-bond acceptors (Lipinski definition) is 0. The summed E-state index contributed by atoms with van der Waals surface area (Å²) in [6, 6.07) is 19.6. The number of aryl methyl sites for hydroxylation is 1. The highest BCUT2D eigenvalue weighted by atomic mass is 19.1. The molecule has 0 saturated heterocycles. The number of benzene rings is 3. The average molecular weight is 322 g/mol. The van der Waals surface area contributed by atoms with E-state index in [9.17, 15) is 8.78 Å². The predicted molar refractivity (Wildman–Crippen MR) is 95.8 cm³/mol. The molecule has 3 rings (SSSR count). The molecule has 122 valence electrons. The van der Waals surface area contributed by atoms with E-state index < -0.39 is 11.6 Å². The summed E-state index contributed by atoms with van der Waals surface area (Å²) in [7, 11) is 0. The van der Waals surface area contributed by atoms with Crippen molar-refractivity contribution in [3.8, 4) is 22.3 Å². The lowest BCUT2D eigenvalue weighted by Gasteiger charge is -2.14. The normalized spacial score (nSPS) is 10.8. The maximum Gasteiger partial charge on any atom is 0.133 e. The minimum absolute atomic E-state index is 0.0402. The molecule has 0 aliphatic carbocycles. The van der Waals surface area contributed by atoms with Gasteiger partial charge in [-0.3, -0.25) is 0 Å². The van der Waals surface area contributed by atoms with E-state index in [1.807, 2.05) is 42.5 Å². The zero-order valence-electron chi connectivity index (χ0n) is 13.7. The average Bonchev–Trinajstić information content (AvgIpc) is 2.61. The van der Waals surface area contributed by atoms with Gasteiger partial charge < -0.3 is 0 Å². The van der Waals surface area contributed by atoms with Gasteiger partial charge in [0.2, 0.25) is 0 Å². The highest BCUT2D eigenvalue weighted by Crippen LogP contribution is 2.36. The van der Waals surface area contributed by atoms with Crippen molar-refractivity contribution in [3.63, 3.8) is 0 Å². The van der Waals surface area contributed by atoms with E-state index in [0.717, 1.165) is 30.4 Å². The molecule has 0 N–H and O–H groups in total. The van der Waals surface area contributed by atoms with Gasteiger partial charge in [0.25, 0.3) is 0 Å². The Bertz CT molecular complexity index is 802. The first-order valence-corrected chi connectivity index (χ1v) is 8.33. The Hall–Kier alpha value is -2.48. The van der Waals surface area contributed by atoms with E-state index in [0.29, 0.717) is 5.56 Å². The molecule has 0 heterocycles. The third-order valence-corrected chi connectivity index (χ3v) is 4.22. The van der Waals surface area contributed by atoms with Crippen molar-refractivity contribution >= 4 is 0 Å². The summed E-state index contributed by atoms with van der Waals surface area (Å²) in [6.45, 7) is 2.15. The molecule has 0 aliphatic rings. The summed E-state index contributed by atoms with van der Waals surface area (Å²) in [5.41, 5.74) is 3.66. The van der Waals surface area contributed by atoms with E-state index in [-0.39, 0.29) is 5.56 Å². The summed E-state index contributed by atoms with van der Waals surface area (Å²) >= 11 is 0. The minimum Gasteiger partial charge on any atom is -0.206 e. The third kappa shape index (κ3) is 3.38. The summed E-state index contributed by atoms with van der Waals surface area (Å²) in [5.74, 6) is -1.07. The van der Waals surface area contributed by atoms with Crippen LogP contribution in [0.1, 0.15) is 25.3 Å². The van der Waals surface area contributed by atoms with Crippen LogP contribution in [0.15, 0.2) is 66.7 Å². The van der Waals surface area contributed by atoms with Crippen LogP contribution in [0.5, 0.6) is 0 Å². The highest BCUT2D eigenvalue weighted by Gasteiger charge is 2.16. The van der Waals surface area contributed by atoms with Gasteiger partial charge >= 0.3 is 0 Å². The van der Waals surface area contributed by atoms with Gasteiger partial charge in [-0.05, 0) is 47.2 Å². The zero-order chi connectivity index (χ0) is 16.9. The molecule has 2 heteroatoms. The Morgan fingerprint density at radius 2 is 1.46 bits per heavy atom. The molecule has 0 fully saturated rings. The molecule has 0 saturated carbocycles. The number of unbranched alkanes of at least 4 members (excludes halogenated alkanes) is 1. The van der Waals surface area contributed by atoms with Gasteiger partial charge in [0, 0.05) is 0 Å². The van der Waals surface area contributed by atoms with Crippen LogP contribution in [0.3, 0.4) is 0 Å². The smallest absolute Gasteiger partial charge is 0.133 e. The van der Waals surface area contributed by atoms with Crippen molar-refractivity contribution in [1.29, 1.82) is 0 Å². The van der Waals surface area contributed by atoms with Gasteiger partial charge in [-0.25, -0.2) is 8.78 Å². The SMILES string of the molecule is CCCCc1ccc(-c2c(F)cccc2F)c(-c2ccccc2)c1. The monoisotopic (exact) mass is 322 g/mol. The molecule has 0 bridgehead atoms. The Morgan fingerprint density at radius 1 is 0.750 bits per heavy atom. The Labute approximate surface area is 141 Å². The van der Waals surface area contributed by atoms with Crippen LogP contribution in [-0.4, -0.2) is 0 Å². The second-order valence-electron chi connectivity index (χ2n) is 5.95. The second-order valence-corrected chi connectivity index (χ2v) is 5.95. The largest absolute Gasteiger partial charge is 0.206 e. The Kier molecular flexibility index (Phi) is 5.05. The molecule has 0 atom stereocenters. The lowest BCUT2D eigenvalue weighted by Crippen LogP contribution is -1.95. The van der Waals surface area contributed by atoms with Crippen molar-refractivity contribution in [1.82, 2.24) is 0 Å². The van der Waals surface area contributed by atoms with Crippen molar-refractivity contribution in [2.24, 2.45) is 0 Å². The van der Waals surface area contributed by atoms with Crippen molar-refractivity contribution in [2.75, 3.05) is 0 Å². The van der Waals surface area contributed by atoms with Crippen molar-refractivity contribution in [2.45, 2.75) is 26.2 Å². The van der Waals surface area contributed by atoms with Crippen LogP contribution in [0.25, 0.3) is 22.3 Å². The summed E-state index contributed by atoms with van der Waals surface area (Å²) in [6.07, 6.45) is 3.18. The van der Waals surface area contributed by atoms with Crippen LogP contribution in [0.4, 0.5) is 8.78 Å². The van der Waals surface area contributed by atoms with Crippen molar-refractivity contribution in [3.05, 3.63) is 83.9 Å². The van der Waals surface area contributed by atoms with Crippen LogP contribution in [0.2, 0.25) is 0 Å². The maximum atomic E-state index is 14.3. The van der Waals surface area contributed by atoms with Crippen LogP contribution in [-0.2, 0) is 6.42 Å². The minimum atomic E-state index is -0.534. The maximum absolute atomic E-state index is 14.3. The highest BCUT2D eigenvalue weighted by molar-refractivity contribution is 5.84. The molecular weight excluding hydrogens is 302 g/mol. The fraction of sp³-hybridized carbons (Fsp3) is 0.182. The Morgan fingerprint density at radius 3 is 2.12 bits per heavy atom. The number of hydrogen-bond donors (Lipinski definition) is 0. The van der Waals surface area contributed by atoms with E-state index >= 15 is 0 Å². The van der Waals surface area contributed by atoms with Gasteiger partial charge in [0.05, 0.1) is 5.56 Å². The van der Waals surface area contributed by atoms with Gasteiger partial charge in [-0.2, -0.15) is 0 Å². The molecule has 0 aliphatic heterocycles. The third-order valence-electron chi connectivity index (χ3n) is 4.22. The summed E-state index contributed by atoms with van der Waals surface area (Å²) in [4.78, 5) is 0. The molecule has 0 spiro atoms. The molecule has 3 aromatic carbocycles. The number of halogens is 2. The van der Waals surface area contributed by atoms with Crippen LogP contribution in [0, 0.1) is 11.6 Å². The van der Waals surface area contributed by atoms with E-state index in [2.05, 4.69) is 13.0 Å². The van der Waals surface area contributed by atoms with E-state index in [1.54, 1.807) is 0 Å². The first kappa shape index (κ1) is 16.4. The molecule has 0 unspecified atom stereocenters. The standard InChI is InChI=1S/C22H20F2/c1-2-3-8-16-13-14-18(22-20(23)11-7-12-21(22)24)19(15-16)17-9-5-4-6-10-17/h4-7,9-15H,2-3,8H2,1H3. The number of rotatable bonds is 5. The molecule has 3 aromatic rings. The van der Waals surface area contributed by atoms with Gasteiger partial charge in [-0.1, -0.05) is 67.9 Å². The molecule has 24 heavy (non-hydrogen) atoms. The molecule has 0 nitrogen and oxygen atoms in total. The fourth-order valence-corrected chi connectivity index (χ4v) is 2.96. The lowest BCUT2D eigenvalue weighted by molar-refractivity contribution is 0.589. The predicted octanol–water partition coefficient (Wildman–Crippen LogP) is 6.64. The second kappa shape index (κ2) is 7.39. The van der Waals surface area contributed by atoms with Gasteiger partial charge in [0.1, 0.15) is 11.6 Å². The first-order valence-electron chi connectivity index (χ1n) is 8.33. The molecular formula is C22H20F2. The topological polar surface area (TPSA) is 0 Å². The van der Waals surface area contributed by atoms with Gasteiger partial charge in [-0.15, -0.1) is 0 Å². The summed E-state index contributed by atoms with van der Waals surface area (Å²) < 4.78 is 28.6. The van der Waals surface area contributed by atoms with E-state index in [1.165, 1.54) is 23.8 Å². The van der Waals surface area contributed by atoms with Gasteiger partial charge in [0.15, 0.2) is 0 Å². The first-order chi connectivity index (χ1) is 11.7. The van der Waals surface area contributed by atoms with E-state index in [4.69, 9.17) is 0 Å². The Balaban J connectivity index is 2.19. The van der Waals surface area contributed by atoms with Crippen LogP contribution < -0.4 is 0 Å². The fourth-order valence-electron chi connectivity index (χ4n) is 2.96. The molecule has 0 amide bonds.